The molecule has 5 rings (SSSR count). The highest BCUT2D eigenvalue weighted by Gasteiger charge is 2.27. The molecule has 1 saturated heterocycles. The first-order valence-electron chi connectivity index (χ1n) is 10.0. The van der Waals surface area contributed by atoms with Crippen molar-refractivity contribution < 1.29 is 13.6 Å². The molecule has 0 aliphatic carbocycles. The van der Waals surface area contributed by atoms with Crippen molar-refractivity contribution in [2.45, 2.75) is 19.8 Å². The van der Waals surface area contributed by atoms with Crippen LogP contribution >= 0.6 is 11.3 Å². The number of carbonyl (C=O) groups excluding carboxylic acids is 1. The van der Waals surface area contributed by atoms with Gasteiger partial charge in [0.05, 0.1) is 5.69 Å². The fourth-order valence-corrected chi connectivity index (χ4v) is 4.59. The number of hydrogen-bond donors (Lipinski definition) is 1. The van der Waals surface area contributed by atoms with Gasteiger partial charge in [-0.25, -0.2) is 13.8 Å². The zero-order chi connectivity index (χ0) is 22.2. The van der Waals surface area contributed by atoms with Crippen LogP contribution in [0, 0.1) is 24.5 Å². The molecule has 0 saturated carbocycles. The molecule has 1 fully saturated rings. The van der Waals surface area contributed by atoms with E-state index in [-0.39, 0.29) is 11.8 Å². The van der Waals surface area contributed by atoms with E-state index in [0.29, 0.717) is 48.0 Å². The predicted molar refractivity (Wildman–Crippen MR) is 114 cm³/mol. The molecule has 1 aliphatic rings. The predicted octanol–water partition coefficient (Wildman–Crippen LogP) is 3.08. The number of amides is 1. The molecule has 3 aromatic heterocycles. The lowest BCUT2D eigenvalue weighted by Gasteiger charge is -2.31. The van der Waals surface area contributed by atoms with Gasteiger partial charge in [0, 0.05) is 29.4 Å². The van der Waals surface area contributed by atoms with Crippen LogP contribution in [0.3, 0.4) is 0 Å². The first-order valence-corrected chi connectivity index (χ1v) is 10.8. The minimum Gasteiger partial charge on any atom is -0.355 e. The highest BCUT2D eigenvalue weighted by molar-refractivity contribution is 7.16. The second-order valence-corrected chi connectivity index (χ2v) is 8.72. The van der Waals surface area contributed by atoms with Crippen LogP contribution in [-0.4, -0.2) is 49.2 Å². The summed E-state index contributed by atoms with van der Waals surface area (Å²) in [6.45, 7) is 3.18. The van der Waals surface area contributed by atoms with Crippen LogP contribution in [0.25, 0.3) is 16.9 Å². The first kappa shape index (κ1) is 20.4. The maximum atomic E-state index is 13.6. The van der Waals surface area contributed by atoms with Gasteiger partial charge in [0.2, 0.25) is 5.91 Å². The first-order chi connectivity index (χ1) is 15.5. The Hall–Kier alpha value is -3.54. The quantitative estimate of drug-likeness (QED) is 0.504. The molecule has 0 atom stereocenters. The van der Waals surface area contributed by atoms with E-state index >= 15 is 0 Å². The lowest BCUT2D eigenvalue weighted by Crippen LogP contribution is -2.38. The van der Waals surface area contributed by atoms with Crippen LogP contribution in [-0.2, 0) is 4.79 Å². The molecule has 1 aliphatic heterocycles. The van der Waals surface area contributed by atoms with E-state index in [1.165, 1.54) is 22.0 Å². The molecule has 0 radical (unpaired) electrons. The number of anilines is 2. The van der Waals surface area contributed by atoms with Gasteiger partial charge in [-0.05, 0) is 60.5 Å². The molecule has 0 unspecified atom stereocenters. The normalized spacial score (nSPS) is 14.8. The number of benzene rings is 1. The molecule has 1 N–H and O–H groups in total. The fourth-order valence-electron chi connectivity index (χ4n) is 3.75. The summed E-state index contributed by atoms with van der Waals surface area (Å²) >= 11 is 1.31. The summed E-state index contributed by atoms with van der Waals surface area (Å²) < 4.78 is 28.2. The maximum Gasteiger partial charge on any atom is 0.229 e. The molecule has 1 amide bonds. The van der Waals surface area contributed by atoms with Gasteiger partial charge in [-0.1, -0.05) is 0 Å². The minimum atomic E-state index is -0.930. The van der Waals surface area contributed by atoms with Crippen molar-refractivity contribution in [2.75, 3.05) is 23.3 Å². The monoisotopic (exact) mass is 456 g/mol. The van der Waals surface area contributed by atoms with E-state index in [2.05, 4.69) is 35.8 Å². The number of nitrogens with zero attached hydrogens (tertiary/aromatic N) is 7. The second kappa shape index (κ2) is 8.19. The Morgan fingerprint density at radius 2 is 1.97 bits per heavy atom. The number of rotatable bonds is 4. The Morgan fingerprint density at radius 3 is 2.75 bits per heavy atom. The Kier molecular flexibility index (Phi) is 5.21. The zero-order valence-electron chi connectivity index (χ0n) is 17.0. The number of aryl methyl sites for hydroxylation is 1. The summed E-state index contributed by atoms with van der Waals surface area (Å²) in [7, 11) is 0. The average molecular weight is 456 g/mol. The Bertz CT molecular complexity index is 1300. The van der Waals surface area contributed by atoms with Gasteiger partial charge < -0.3 is 10.2 Å². The van der Waals surface area contributed by atoms with Gasteiger partial charge in [0.1, 0.15) is 0 Å². The number of carbonyl (C=O) groups is 1. The van der Waals surface area contributed by atoms with E-state index in [1.807, 2.05) is 13.0 Å². The van der Waals surface area contributed by atoms with Crippen molar-refractivity contribution in [3.63, 3.8) is 0 Å². The molecule has 0 bridgehead atoms. The van der Waals surface area contributed by atoms with Crippen molar-refractivity contribution in [2.24, 2.45) is 5.92 Å². The van der Waals surface area contributed by atoms with E-state index in [0.717, 1.165) is 22.8 Å². The largest absolute Gasteiger partial charge is 0.355 e. The molecule has 4 heterocycles. The van der Waals surface area contributed by atoms with Gasteiger partial charge in [0.25, 0.3) is 0 Å². The Labute approximate surface area is 185 Å². The van der Waals surface area contributed by atoms with Crippen LogP contribution in [0.2, 0.25) is 0 Å². The van der Waals surface area contributed by atoms with Crippen LogP contribution in [0.15, 0.2) is 30.3 Å². The number of aromatic nitrogens is 6. The zero-order valence-corrected chi connectivity index (χ0v) is 17.8. The lowest BCUT2D eigenvalue weighted by molar-refractivity contribution is -0.120. The van der Waals surface area contributed by atoms with Gasteiger partial charge >= 0.3 is 0 Å². The summed E-state index contributed by atoms with van der Waals surface area (Å²) in [5.41, 5.74) is 1.58. The number of hydrogen-bond acceptors (Lipinski definition) is 8. The number of tetrazole rings is 1. The smallest absolute Gasteiger partial charge is 0.229 e. The van der Waals surface area contributed by atoms with Crippen molar-refractivity contribution in [3.05, 3.63) is 46.8 Å². The number of halogens is 2. The van der Waals surface area contributed by atoms with Gasteiger partial charge in [-0.3, -0.25) is 4.79 Å². The summed E-state index contributed by atoms with van der Waals surface area (Å²) in [6, 6.07) is 7.32. The van der Waals surface area contributed by atoms with Crippen LogP contribution in [0.4, 0.5) is 19.7 Å². The Morgan fingerprint density at radius 1 is 1.16 bits per heavy atom. The van der Waals surface area contributed by atoms with Gasteiger partial charge in [-0.15, -0.1) is 26.2 Å². The van der Waals surface area contributed by atoms with E-state index < -0.39 is 11.6 Å². The van der Waals surface area contributed by atoms with Gasteiger partial charge in [0.15, 0.2) is 28.2 Å². The molecular weight excluding hydrogens is 438 g/mol. The number of nitrogens with one attached hydrogen (secondary N) is 1. The standard InChI is InChI=1S/C20H18F2N8OS/c1-11-18(13-2-3-14(21)15(22)10-13)23-20(32-11)24-19(31)12-6-8-29(9-7-12)17-5-4-16-25-27-28-30(16)26-17/h2-5,10,12H,6-9H2,1H3,(H,23,24,31). The van der Waals surface area contributed by atoms with E-state index in [4.69, 9.17) is 0 Å². The van der Waals surface area contributed by atoms with Crippen LogP contribution in [0.1, 0.15) is 17.7 Å². The molecule has 164 valence electrons. The summed E-state index contributed by atoms with van der Waals surface area (Å²) in [4.78, 5) is 20.1. The second-order valence-electron chi connectivity index (χ2n) is 7.52. The average Bonchev–Trinajstić information content (AvgIpc) is 3.41. The molecule has 9 nitrogen and oxygen atoms in total. The molecule has 4 aromatic rings. The summed E-state index contributed by atoms with van der Waals surface area (Å²) in [5.74, 6) is -1.33. The van der Waals surface area contributed by atoms with Gasteiger partial charge in [-0.2, -0.15) is 0 Å². The third-order valence-corrected chi connectivity index (χ3v) is 6.35. The third-order valence-electron chi connectivity index (χ3n) is 5.46. The topological polar surface area (TPSA) is 101 Å². The molecule has 12 heteroatoms. The Balaban J connectivity index is 1.23. The van der Waals surface area contributed by atoms with E-state index in [1.54, 1.807) is 6.07 Å². The maximum absolute atomic E-state index is 13.6. The lowest BCUT2D eigenvalue weighted by atomic mass is 9.96. The van der Waals surface area contributed by atoms with Crippen LogP contribution in [0.5, 0.6) is 0 Å². The number of piperidine rings is 1. The molecular formula is C20H18F2N8OS. The number of fused-ring (bicyclic) bond motifs is 1. The van der Waals surface area contributed by atoms with Crippen LogP contribution < -0.4 is 10.2 Å². The molecule has 1 aromatic carbocycles. The third kappa shape index (κ3) is 3.88. The van der Waals surface area contributed by atoms with Crippen molar-refractivity contribution in [1.82, 2.24) is 30.2 Å². The highest BCUT2D eigenvalue weighted by atomic mass is 32.1. The minimum absolute atomic E-state index is 0.0980. The number of thiazole rings is 1. The fraction of sp³-hybridized carbons (Fsp3) is 0.300. The molecule has 0 spiro atoms. The SMILES string of the molecule is Cc1sc(NC(=O)C2CCN(c3ccc4nnnn4n3)CC2)nc1-c1ccc(F)c(F)c1. The summed E-state index contributed by atoms with van der Waals surface area (Å²) in [5, 5.41) is 19.0. The summed E-state index contributed by atoms with van der Waals surface area (Å²) in [6.07, 6.45) is 1.34. The van der Waals surface area contributed by atoms with Crippen molar-refractivity contribution in [1.29, 1.82) is 0 Å². The van der Waals surface area contributed by atoms with E-state index in [9.17, 15) is 13.6 Å². The van der Waals surface area contributed by atoms with Crippen molar-refractivity contribution in [3.8, 4) is 11.3 Å². The highest BCUT2D eigenvalue weighted by Crippen LogP contribution is 2.32. The van der Waals surface area contributed by atoms with Crippen molar-refractivity contribution >= 4 is 33.8 Å². The molecule has 32 heavy (non-hydrogen) atoms.